The van der Waals surface area contributed by atoms with Crippen LogP contribution in [0.1, 0.15) is 15.9 Å². The van der Waals surface area contributed by atoms with Crippen molar-refractivity contribution in [2.45, 2.75) is 5.33 Å². The van der Waals surface area contributed by atoms with Gasteiger partial charge in [-0.05, 0) is 17.7 Å². The lowest BCUT2D eigenvalue weighted by molar-refractivity contribution is 0.0603. The van der Waals surface area contributed by atoms with Gasteiger partial charge in [0.2, 0.25) is 0 Å². The zero-order valence-corrected chi connectivity index (χ0v) is 10.5. The van der Waals surface area contributed by atoms with Crippen molar-refractivity contribution in [1.29, 1.82) is 0 Å². The van der Waals surface area contributed by atoms with E-state index in [0.717, 1.165) is 21.0 Å². The van der Waals surface area contributed by atoms with E-state index in [4.69, 9.17) is 4.74 Å². The summed E-state index contributed by atoms with van der Waals surface area (Å²) >= 11 is 4.96. The molecule has 0 atom stereocenters. The van der Waals surface area contributed by atoms with Crippen LogP contribution in [-0.2, 0) is 10.1 Å². The molecule has 0 aliphatic heterocycles. The van der Waals surface area contributed by atoms with Crippen LogP contribution >= 0.6 is 27.3 Å². The minimum atomic E-state index is -0.270. The van der Waals surface area contributed by atoms with Crippen LogP contribution in [-0.4, -0.2) is 13.1 Å². The molecule has 0 saturated heterocycles. The van der Waals surface area contributed by atoms with E-state index in [1.54, 1.807) is 11.3 Å². The number of hydrogen-bond acceptors (Lipinski definition) is 3. The lowest BCUT2D eigenvalue weighted by atomic mass is 10.1. The minimum absolute atomic E-state index is 0.270. The van der Waals surface area contributed by atoms with Crippen LogP contribution in [0.15, 0.2) is 23.6 Å². The highest BCUT2D eigenvalue weighted by atomic mass is 79.9. The van der Waals surface area contributed by atoms with E-state index >= 15 is 0 Å². The molecular formula is C11H9BrO2S. The molecule has 1 heterocycles. The first-order chi connectivity index (χ1) is 7.26. The molecule has 0 aliphatic carbocycles. The first-order valence-corrected chi connectivity index (χ1v) is 6.40. The van der Waals surface area contributed by atoms with Crippen LogP contribution in [0.2, 0.25) is 0 Å². The monoisotopic (exact) mass is 284 g/mol. The van der Waals surface area contributed by atoms with Crippen LogP contribution in [0, 0.1) is 0 Å². The molecule has 4 heteroatoms. The molecule has 0 fully saturated rings. The molecule has 2 nitrogen and oxygen atoms in total. The summed E-state index contributed by atoms with van der Waals surface area (Å²) in [6.07, 6.45) is 0. The number of rotatable bonds is 2. The number of benzene rings is 1. The Morgan fingerprint density at radius 3 is 3.00 bits per heavy atom. The Hall–Kier alpha value is -0.870. The fourth-order valence-electron chi connectivity index (χ4n) is 1.43. The number of methoxy groups -OCH3 is 1. The van der Waals surface area contributed by atoms with E-state index in [1.807, 2.05) is 17.5 Å². The van der Waals surface area contributed by atoms with E-state index in [1.165, 1.54) is 7.11 Å². The number of hydrogen-bond donors (Lipinski definition) is 0. The molecule has 1 aromatic carbocycles. The smallest absolute Gasteiger partial charge is 0.339 e. The van der Waals surface area contributed by atoms with E-state index in [9.17, 15) is 4.79 Å². The van der Waals surface area contributed by atoms with Crippen LogP contribution < -0.4 is 0 Å². The van der Waals surface area contributed by atoms with Gasteiger partial charge in [0.1, 0.15) is 0 Å². The van der Waals surface area contributed by atoms with Crippen LogP contribution in [0.4, 0.5) is 0 Å². The van der Waals surface area contributed by atoms with Gasteiger partial charge < -0.3 is 4.74 Å². The van der Waals surface area contributed by atoms with Crippen LogP contribution in [0.3, 0.4) is 0 Å². The predicted molar refractivity (Wildman–Crippen MR) is 65.8 cm³/mol. The number of thiophene rings is 1. The molecule has 0 bridgehead atoms. The zero-order valence-electron chi connectivity index (χ0n) is 8.12. The third-order valence-electron chi connectivity index (χ3n) is 2.20. The highest BCUT2D eigenvalue weighted by Crippen LogP contribution is 2.28. The van der Waals surface area contributed by atoms with Gasteiger partial charge in [-0.1, -0.05) is 22.0 Å². The number of carbonyl (C=O) groups is 1. The normalized spacial score (nSPS) is 10.5. The number of carbonyl (C=O) groups excluding carboxylic acids is 1. The molecule has 0 amide bonds. The predicted octanol–water partition coefficient (Wildman–Crippen LogP) is 3.58. The van der Waals surface area contributed by atoms with Gasteiger partial charge >= 0.3 is 5.97 Å². The quantitative estimate of drug-likeness (QED) is 0.622. The highest BCUT2D eigenvalue weighted by molar-refractivity contribution is 9.08. The second-order valence-corrected chi connectivity index (χ2v) is 4.58. The summed E-state index contributed by atoms with van der Waals surface area (Å²) < 4.78 is 5.84. The van der Waals surface area contributed by atoms with Crippen molar-refractivity contribution in [2.24, 2.45) is 0 Å². The van der Waals surface area contributed by atoms with Crippen molar-refractivity contribution in [3.05, 3.63) is 34.7 Å². The van der Waals surface area contributed by atoms with Gasteiger partial charge in [-0.25, -0.2) is 4.79 Å². The number of halogens is 1. The maximum atomic E-state index is 11.5. The highest BCUT2D eigenvalue weighted by Gasteiger charge is 2.12. The molecule has 15 heavy (non-hydrogen) atoms. The molecule has 1 aromatic heterocycles. The minimum Gasteiger partial charge on any atom is -0.465 e. The van der Waals surface area contributed by atoms with Gasteiger partial charge in [-0.3, -0.25) is 0 Å². The lowest BCUT2D eigenvalue weighted by Gasteiger charge is -1.99. The summed E-state index contributed by atoms with van der Waals surface area (Å²) in [5, 5.41) is 3.61. The van der Waals surface area contributed by atoms with Crippen molar-refractivity contribution in [3.63, 3.8) is 0 Å². The van der Waals surface area contributed by atoms with Gasteiger partial charge in [0.05, 0.1) is 12.7 Å². The van der Waals surface area contributed by atoms with Gasteiger partial charge in [-0.15, -0.1) is 11.3 Å². The summed E-state index contributed by atoms with van der Waals surface area (Å²) in [5.41, 5.74) is 1.81. The van der Waals surface area contributed by atoms with Gasteiger partial charge in [0.15, 0.2) is 0 Å². The van der Waals surface area contributed by atoms with E-state index in [0.29, 0.717) is 5.56 Å². The number of fused-ring (bicyclic) bond motifs is 1. The van der Waals surface area contributed by atoms with Crippen molar-refractivity contribution >= 4 is 43.3 Å². The Kier molecular flexibility index (Phi) is 3.07. The third-order valence-corrected chi connectivity index (χ3v) is 3.81. The fraction of sp³-hybridized carbons (Fsp3) is 0.182. The van der Waals surface area contributed by atoms with Gasteiger partial charge in [0, 0.05) is 20.8 Å². The molecule has 0 saturated carbocycles. The van der Waals surface area contributed by atoms with Crippen molar-refractivity contribution in [3.8, 4) is 0 Å². The van der Waals surface area contributed by atoms with E-state index in [2.05, 4.69) is 22.0 Å². The molecular weight excluding hydrogens is 276 g/mol. The third kappa shape index (κ3) is 1.92. The Morgan fingerprint density at radius 2 is 2.33 bits per heavy atom. The molecule has 0 radical (unpaired) electrons. The Morgan fingerprint density at radius 1 is 1.53 bits per heavy atom. The standard InChI is InChI=1S/C11H9BrO2S/c1-14-11(13)9-6-15-10-3-2-7(5-12)4-8(9)10/h2-4,6H,5H2,1H3. The molecule has 0 unspecified atom stereocenters. The molecule has 0 spiro atoms. The first-order valence-electron chi connectivity index (χ1n) is 4.40. The van der Waals surface area contributed by atoms with Gasteiger partial charge in [-0.2, -0.15) is 0 Å². The van der Waals surface area contributed by atoms with Crippen molar-refractivity contribution in [1.82, 2.24) is 0 Å². The number of ether oxygens (including phenoxy) is 1. The van der Waals surface area contributed by atoms with Crippen molar-refractivity contribution < 1.29 is 9.53 Å². The SMILES string of the molecule is COC(=O)c1csc2ccc(CBr)cc12. The summed E-state index contributed by atoms with van der Waals surface area (Å²) in [6.45, 7) is 0. The first kappa shape index (κ1) is 10.6. The summed E-state index contributed by atoms with van der Waals surface area (Å²) in [4.78, 5) is 11.5. The molecule has 2 aromatic rings. The average Bonchev–Trinajstić information content (AvgIpc) is 2.70. The number of esters is 1. The maximum Gasteiger partial charge on any atom is 0.339 e. The summed E-state index contributed by atoms with van der Waals surface area (Å²) in [5.74, 6) is -0.270. The number of alkyl halides is 1. The van der Waals surface area contributed by atoms with Crippen molar-refractivity contribution in [2.75, 3.05) is 7.11 Å². The zero-order chi connectivity index (χ0) is 10.8. The largest absolute Gasteiger partial charge is 0.465 e. The van der Waals surface area contributed by atoms with E-state index in [-0.39, 0.29) is 5.97 Å². The van der Waals surface area contributed by atoms with Crippen LogP contribution in [0.25, 0.3) is 10.1 Å². The van der Waals surface area contributed by atoms with Crippen LogP contribution in [0.5, 0.6) is 0 Å². The molecule has 0 N–H and O–H groups in total. The van der Waals surface area contributed by atoms with Gasteiger partial charge in [0.25, 0.3) is 0 Å². The summed E-state index contributed by atoms with van der Waals surface area (Å²) in [7, 11) is 1.40. The Bertz CT molecular complexity index is 504. The second-order valence-electron chi connectivity index (χ2n) is 3.11. The molecule has 2 rings (SSSR count). The second kappa shape index (κ2) is 4.33. The summed E-state index contributed by atoms with van der Waals surface area (Å²) in [6, 6.07) is 6.10. The molecule has 78 valence electrons. The average molecular weight is 285 g/mol. The van der Waals surface area contributed by atoms with E-state index < -0.39 is 0 Å². The maximum absolute atomic E-state index is 11.5. The Labute approximate surface area is 100.0 Å². The fourth-order valence-corrected chi connectivity index (χ4v) is 2.69. The topological polar surface area (TPSA) is 26.3 Å². The Balaban J connectivity index is 2.61. The lowest BCUT2D eigenvalue weighted by Crippen LogP contribution is -1.99. The molecule has 0 aliphatic rings.